The summed E-state index contributed by atoms with van der Waals surface area (Å²) >= 11 is 6.16. The Morgan fingerprint density at radius 2 is 2.05 bits per heavy atom. The van der Waals surface area contributed by atoms with Crippen molar-refractivity contribution in [3.8, 4) is 0 Å². The minimum atomic E-state index is -0.822. The van der Waals surface area contributed by atoms with E-state index in [4.69, 9.17) is 16.7 Å². The lowest BCUT2D eigenvalue weighted by Crippen LogP contribution is -2.06. The number of halogens is 1. The number of carboxylic acids is 1. The molecule has 0 saturated heterocycles. The highest BCUT2D eigenvalue weighted by Crippen LogP contribution is 2.31. The minimum Gasteiger partial charge on any atom is -0.481 e. The van der Waals surface area contributed by atoms with Gasteiger partial charge in [0.25, 0.3) is 0 Å². The van der Waals surface area contributed by atoms with E-state index < -0.39 is 11.9 Å². The van der Waals surface area contributed by atoms with Crippen molar-refractivity contribution >= 4 is 39.4 Å². The van der Waals surface area contributed by atoms with Gasteiger partial charge < -0.3 is 10.1 Å². The second-order valence-corrected chi connectivity index (χ2v) is 5.06. The second-order valence-electron chi connectivity index (χ2n) is 4.65. The van der Waals surface area contributed by atoms with Crippen molar-refractivity contribution < 1.29 is 9.90 Å². The molecule has 19 heavy (non-hydrogen) atoms. The fraction of sp³-hybridized carbons (Fsp3) is 0.133. The van der Waals surface area contributed by atoms with Gasteiger partial charge in [0.1, 0.15) is 0 Å². The number of aromatic nitrogens is 1. The molecule has 1 unspecified atom stereocenters. The zero-order valence-corrected chi connectivity index (χ0v) is 11.0. The van der Waals surface area contributed by atoms with Crippen LogP contribution in [0.4, 0.5) is 0 Å². The summed E-state index contributed by atoms with van der Waals surface area (Å²) in [5, 5.41) is 11.8. The standard InChI is InChI=1S/C15H12ClNO2/c1-8(15(18)19)9-5-6-13-11(7-9)10-3-2-4-12(16)14(10)17-13/h2-8,17H,1H3,(H,18,19). The average Bonchev–Trinajstić information content (AvgIpc) is 2.77. The van der Waals surface area contributed by atoms with Gasteiger partial charge >= 0.3 is 5.97 Å². The Balaban J connectivity index is 2.30. The number of hydrogen-bond acceptors (Lipinski definition) is 1. The van der Waals surface area contributed by atoms with Crippen LogP contribution in [0.5, 0.6) is 0 Å². The molecule has 0 spiro atoms. The molecule has 0 radical (unpaired) electrons. The number of carbonyl (C=O) groups is 1. The predicted octanol–water partition coefficient (Wildman–Crippen LogP) is 4.16. The molecule has 0 fully saturated rings. The van der Waals surface area contributed by atoms with Gasteiger partial charge in [0, 0.05) is 16.3 Å². The number of hydrogen-bond donors (Lipinski definition) is 2. The molecule has 1 atom stereocenters. The lowest BCUT2D eigenvalue weighted by molar-refractivity contribution is -0.138. The summed E-state index contributed by atoms with van der Waals surface area (Å²) in [7, 11) is 0. The number of fused-ring (bicyclic) bond motifs is 3. The maximum absolute atomic E-state index is 11.1. The third-order valence-electron chi connectivity index (χ3n) is 3.48. The van der Waals surface area contributed by atoms with Crippen LogP contribution in [0.15, 0.2) is 36.4 Å². The summed E-state index contributed by atoms with van der Waals surface area (Å²) in [6, 6.07) is 11.4. The first-order valence-electron chi connectivity index (χ1n) is 6.00. The van der Waals surface area contributed by atoms with Crippen molar-refractivity contribution in [2.45, 2.75) is 12.8 Å². The third kappa shape index (κ3) is 1.87. The summed E-state index contributed by atoms with van der Waals surface area (Å²) in [5.41, 5.74) is 2.64. The normalized spacial score (nSPS) is 12.9. The molecule has 1 heterocycles. The maximum Gasteiger partial charge on any atom is 0.310 e. The number of nitrogens with one attached hydrogen (secondary N) is 1. The molecule has 96 valence electrons. The van der Waals surface area contributed by atoms with Crippen molar-refractivity contribution in [2.24, 2.45) is 0 Å². The molecule has 4 heteroatoms. The van der Waals surface area contributed by atoms with Gasteiger partial charge in [0.05, 0.1) is 16.5 Å². The van der Waals surface area contributed by atoms with E-state index in [-0.39, 0.29) is 0 Å². The molecule has 3 nitrogen and oxygen atoms in total. The van der Waals surface area contributed by atoms with E-state index in [0.717, 1.165) is 27.4 Å². The predicted molar refractivity (Wildman–Crippen MR) is 76.9 cm³/mol. The van der Waals surface area contributed by atoms with E-state index in [0.29, 0.717) is 5.02 Å². The first-order chi connectivity index (χ1) is 9.08. The molecular formula is C15H12ClNO2. The third-order valence-corrected chi connectivity index (χ3v) is 3.79. The van der Waals surface area contributed by atoms with Crippen LogP contribution in [0.3, 0.4) is 0 Å². The van der Waals surface area contributed by atoms with E-state index in [1.165, 1.54) is 0 Å². The molecule has 2 aromatic carbocycles. The highest BCUT2D eigenvalue weighted by atomic mass is 35.5. The lowest BCUT2D eigenvalue weighted by atomic mass is 9.99. The number of para-hydroxylation sites is 1. The van der Waals surface area contributed by atoms with E-state index in [1.807, 2.05) is 36.4 Å². The Morgan fingerprint density at radius 1 is 1.26 bits per heavy atom. The lowest BCUT2D eigenvalue weighted by Gasteiger charge is -2.06. The number of rotatable bonds is 2. The number of H-pyrrole nitrogens is 1. The minimum absolute atomic E-state index is 0.520. The van der Waals surface area contributed by atoms with Gasteiger partial charge in [-0.25, -0.2) is 0 Å². The van der Waals surface area contributed by atoms with Gasteiger partial charge in [-0.1, -0.05) is 29.8 Å². The van der Waals surface area contributed by atoms with Gasteiger partial charge in [-0.2, -0.15) is 0 Å². The number of carboxylic acid groups (broad SMARTS) is 1. The molecule has 0 aliphatic rings. The van der Waals surface area contributed by atoms with Gasteiger partial charge in [0.15, 0.2) is 0 Å². The molecule has 0 bridgehead atoms. The van der Waals surface area contributed by atoms with Crippen molar-refractivity contribution in [3.05, 3.63) is 47.0 Å². The molecule has 3 aromatic rings. The fourth-order valence-corrected chi connectivity index (χ4v) is 2.54. The fourth-order valence-electron chi connectivity index (χ4n) is 2.32. The first-order valence-corrected chi connectivity index (χ1v) is 6.38. The van der Waals surface area contributed by atoms with Crippen LogP contribution in [0.1, 0.15) is 18.4 Å². The smallest absolute Gasteiger partial charge is 0.310 e. The molecule has 1 aromatic heterocycles. The van der Waals surface area contributed by atoms with Crippen molar-refractivity contribution in [3.63, 3.8) is 0 Å². The van der Waals surface area contributed by atoms with E-state index in [1.54, 1.807) is 6.92 Å². The Bertz CT molecular complexity index is 791. The monoisotopic (exact) mass is 273 g/mol. The van der Waals surface area contributed by atoms with Crippen LogP contribution < -0.4 is 0 Å². The molecule has 3 rings (SSSR count). The van der Waals surface area contributed by atoms with Crippen LogP contribution >= 0.6 is 11.6 Å². The van der Waals surface area contributed by atoms with Crippen LogP contribution in [-0.4, -0.2) is 16.1 Å². The van der Waals surface area contributed by atoms with Gasteiger partial charge in [-0.05, 0) is 30.7 Å². The van der Waals surface area contributed by atoms with E-state index in [2.05, 4.69) is 4.98 Å². The Labute approximate surface area is 114 Å². The Hall–Kier alpha value is -2.00. The Morgan fingerprint density at radius 3 is 2.79 bits per heavy atom. The SMILES string of the molecule is CC(C(=O)O)c1ccc2[nH]c3c(Cl)cccc3c2c1. The molecule has 0 amide bonds. The zero-order chi connectivity index (χ0) is 13.6. The number of aromatic amines is 1. The van der Waals surface area contributed by atoms with Crippen LogP contribution in [-0.2, 0) is 4.79 Å². The Kier molecular flexibility index (Phi) is 2.72. The van der Waals surface area contributed by atoms with E-state index >= 15 is 0 Å². The van der Waals surface area contributed by atoms with Gasteiger partial charge in [-0.3, -0.25) is 4.79 Å². The van der Waals surface area contributed by atoms with Crippen LogP contribution in [0.25, 0.3) is 21.8 Å². The van der Waals surface area contributed by atoms with Gasteiger partial charge in [-0.15, -0.1) is 0 Å². The topological polar surface area (TPSA) is 53.1 Å². The molecule has 2 N–H and O–H groups in total. The zero-order valence-electron chi connectivity index (χ0n) is 10.3. The summed E-state index contributed by atoms with van der Waals surface area (Å²) < 4.78 is 0. The molecular weight excluding hydrogens is 262 g/mol. The van der Waals surface area contributed by atoms with Crippen molar-refractivity contribution in [1.82, 2.24) is 4.98 Å². The molecule has 0 aliphatic carbocycles. The number of aliphatic carboxylic acids is 1. The van der Waals surface area contributed by atoms with Crippen LogP contribution in [0, 0.1) is 0 Å². The first kappa shape index (κ1) is 12.1. The quantitative estimate of drug-likeness (QED) is 0.736. The van der Waals surface area contributed by atoms with Crippen LogP contribution in [0.2, 0.25) is 5.02 Å². The maximum atomic E-state index is 11.1. The van der Waals surface area contributed by atoms with Crippen molar-refractivity contribution in [2.75, 3.05) is 0 Å². The van der Waals surface area contributed by atoms with Crippen molar-refractivity contribution in [1.29, 1.82) is 0 Å². The summed E-state index contributed by atoms with van der Waals surface area (Å²) in [5.74, 6) is -1.34. The highest BCUT2D eigenvalue weighted by molar-refractivity contribution is 6.36. The summed E-state index contributed by atoms with van der Waals surface area (Å²) in [4.78, 5) is 14.3. The summed E-state index contributed by atoms with van der Waals surface area (Å²) in [6.07, 6.45) is 0. The largest absolute Gasteiger partial charge is 0.481 e. The summed E-state index contributed by atoms with van der Waals surface area (Å²) in [6.45, 7) is 1.69. The van der Waals surface area contributed by atoms with E-state index in [9.17, 15) is 4.79 Å². The number of benzene rings is 2. The average molecular weight is 274 g/mol. The highest BCUT2D eigenvalue weighted by Gasteiger charge is 2.15. The van der Waals surface area contributed by atoms with Gasteiger partial charge in [0.2, 0.25) is 0 Å². The molecule has 0 aliphatic heterocycles. The molecule has 0 saturated carbocycles. The second kappa shape index (κ2) is 4.28.